The van der Waals surface area contributed by atoms with Gasteiger partial charge >= 0.3 is 0 Å². The quantitative estimate of drug-likeness (QED) is 0.770. The summed E-state index contributed by atoms with van der Waals surface area (Å²) in [6, 6.07) is 5.91. The van der Waals surface area contributed by atoms with Crippen LogP contribution in [-0.2, 0) is 9.47 Å². The largest absolute Gasteiger partial charge is 0.399 e. The van der Waals surface area contributed by atoms with Gasteiger partial charge in [0.1, 0.15) is 0 Å². The zero-order chi connectivity index (χ0) is 11.4. The van der Waals surface area contributed by atoms with E-state index < -0.39 is 0 Å². The lowest BCUT2D eigenvalue weighted by Crippen LogP contribution is -2.05. The molecule has 1 aromatic carbocycles. The van der Waals surface area contributed by atoms with E-state index in [-0.39, 0.29) is 6.29 Å². The number of benzene rings is 1. The molecule has 1 aromatic rings. The molecule has 0 saturated carbocycles. The topological polar surface area (TPSA) is 44.5 Å². The fourth-order valence-electron chi connectivity index (χ4n) is 1.50. The van der Waals surface area contributed by atoms with Gasteiger partial charge in [-0.15, -0.1) is 0 Å². The first-order valence-electron chi connectivity index (χ1n) is 4.70. The Morgan fingerprint density at radius 2 is 1.87 bits per heavy atom. The molecule has 0 fully saturated rings. The molecule has 0 aromatic heterocycles. The molecular formula is C12H17NO2. The predicted octanol–water partition coefficient (Wildman–Crippen LogP) is 2.22. The first-order chi connectivity index (χ1) is 7.08. The van der Waals surface area contributed by atoms with Crippen LogP contribution in [0.25, 0.3) is 5.70 Å². The molecule has 0 radical (unpaired) electrons. The number of nitrogens with two attached hydrogens (primary N) is 1. The molecule has 3 nitrogen and oxygen atoms in total. The molecule has 2 N–H and O–H groups in total. The Kier molecular flexibility index (Phi) is 3.88. The van der Waals surface area contributed by atoms with E-state index in [2.05, 4.69) is 6.58 Å². The van der Waals surface area contributed by atoms with Gasteiger partial charge < -0.3 is 15.2 Å². The Bertz CT molecular complexity index is 357. The average Bonchev–Trinajstić information content (AvgIpc) is 2.18. The maximum atomic E-state index is 5.66. The minimum Gasteiger partial charge on any atom is -0.399 e. The molecular weight excluding hydrogens is 190 g/mol. The lowest BCUT2D eigenvalue weighted by Gasteiger charge is -2.15. The zero-order valence-corrected chi connectivity index (χ0v) is 9.41. The van der Waals surface area contributed by atoms with Crippen molar-refractivity contribution in [2.45, 2.75) is 13.2 Å². The standard InChI is InChI=1S/C12H17NO2/c1-8-5-10(9(2)13)7-11(6-8)12(14-3)15-4/h5-7,12H,2,13H2,1,3-4H3. The van der Waals surface area contributed by atoms with Crippen LogP contribution in [0, 0.1) is 6.92 Å². The van der Waals surface area contributed by atoms with Gasteiger partial charge in [0.05, 0.1) is 0 Å². The van der Waals surface area contributed by atoms with Crippen LogP contribution in [0.1, 0.15) is 23.0 Å². The highest BCUT2D eigenvalue weighted by Crippen LogP contribution is 2.22. The summed E-state index contributed by atoms with van der Waals surface area (Å²) in [7, 11) is 3.21. The fourth-order valence-corrected chi connectivity index (χ4v) is 1.50. The summed E-state index contributed by atoms with van der Waals surface area (Å²) in [6.07, 6.45) is -0.358. The van der Waals surface area contributed by atoms with E-state index in [1.807, 2.05) is 25.1 Å². The number of hydrogen-bond acceptors (Lipinski definition) is 3. The van der Waals surface area contributed by atoms with Crippen molar-refractivity contribution in [2.24, 2.45) is 5.73 Å². The van der Waals surface area contributed by atoms with E-state index in [9.17, 15) is 0 Å². The van der Waals surface area contributed by atoms with Crippen molar-refractivity contribution < 1.29 is 9.47 Å². The smallest absolute Gasteiger partial charge is 0.183 e. The summed E-state index contributed by atoms with van der Waals surface area (Å²) < 4.78 is 10.4. The van der Waals surface area contributed by atoms with Crippen molar-refractivity contribution in [2.75, 3.05) is 14.2 Å². The van der Waals surface area contributed by atoms with Crippen LogP contribution in [0.2, 0.25) is 0 Å². The normalized spacial score (nSPS) is 10.7. The number of rotatable bonds is 4. The summed E-state index contributed by atoms with van der Waals surface area (Å²) in [5.41, 5.74) is 9.16. The molecule has 0 atom stereocenters. The second-order valence-corrected chi connectivity index (χ2v) is 3.46. The highest BCUT2D eigenvalue weighted by Gasteiger charge is 2.10. The van der Waals surface area contributed by atoms with Gasteiger partial charge in [-0.3, -0.25) is 0 Å². The number of ether oxygens (including phenoxy) is 2. The summed E-state index contributed by atoms with van der Waals surface area (Å²) in [5.74, 6) is 0. The minimum absolute atomic E-state index is 0.358. The molecule has 0 bridgehead atoms. The first kappa shape index (κ1) is 11.8. The monoisotopic (exact) mass is 207 g/mol. The Labute approximate surface area is 90.5 Å². The first-order valence-corrected chi connectivity index (χ1v) is 4.70. The molecule has 0 aliphatic rings. The third-order valence-corrected chi connectivity index (χ3v) is 2.17. The van der Waals surface area contributed by atoms with Gasteiger partial charge in [0.15, 0.2) is 6.29 Å². The van der Waals surface area contributed by atoms with Crippen molar-refractivity contribution in [3.63, 3.8) is 0 Å². The Morgan fingerprint density at radius 3 is 2.33 bits per heavy atom. The van der Waals surface area contributed by atoms with Crippen molar-refractivity contribution >= 4 is 5.70 Å². The number of hydrogen-bond donors (Lipinski definition) is 1. The van der Waals surface area contributed by atoms with E-state index in [1.54, 1.807) is 14.2 Å². The van der Waals surface area contributed by atoms with E-state index >= 15 is 0 Å². The van der Waals surface area contributed by atoms with Gasteiger partial charge in [0.2, 0.25) is 0 Å². The number of methoxy groups -OCH3 is 2. The average molecular weight is 207 g/mol. The second-order valence-electron chi connectivity index (χ2n) is 3.46. The predicted molar refractivity (Wildman–Crippen MR) is 61.2 cm³/mol. The van der Waals surface area contributed by atoms with Crippen LogP contribution in [0.4, 0.5) is 0 Å². The fraction of sp³-hybridized carbons (Fsp3) is 0.333. The van der Waals surface area contributed by atoms with Gasteiger partial charge in [0.25, 0.3) is 0 Å². The van der Waals surface area contributed by atoms with E-state index in [4.69, 9.17) is 15.2 Å². The zero-order valence-electron chi connectivity index (χ0n) is 9.41. The van der Waals surface area contributed by atoms with Crippen LogP contribution in [0.5, 0.6) is 0 Å². The Balaban J connectivity index is 3.13. The summed E-state index contributed by atoms with van der Waals surface area (Å²) in [5, 5.41) is 0. The molecule has 0 unspecified atom stereocenters. The van der Waals surface area contributed by atoms with Crippen LogP contribution >= 0.6 is 0 Å². The lowest BCUT2D eigenvalue weighted by molar-refractivity contribution is -0.106. The Morgan fingerprint density at radius 1 is 1.27 bits per heavy atom. The van der Waals surface area contributed by atoms with Crippen LogP contribution < -0.4 is 5.73 Å². The SMILES string of the molecule is C=C(N)c1cc(C)cc(C(OC)OC)c1. The van der Waals surface area contributed by atoms with Gasteiger partial charge in [-0.2, -0.15) is 0 Å². The van der Waals surface area contributed by atoms with Gasteiger partial charge in [-0.25, -0.2) is 0 Å². The van der Waals surface area contributed by atoms with Crippen LogP contribution in [0.15, 0.2) is 24.8 Å². The van der Waals surface area contributed by atoms with Gasteiger partial charge in [0, 0.05) is 25.5 Å². The number of aryl methyl sites for hydroxylation is 1. The molecule has 0 saturated heterocycles. The van der Waals surface area contributed by atoms with Gasteiger partial charge in [-0.1, -0.05) is 12.6 Å². The molecule has 82 valence electrons. The van der Waals surface area contributed by atoms with Crippen LogP contribution in [0.3, 0.4) is 0 Å². The molecule has 0 spiro atoms. The lowest BCUT2D eigenvalue weighted by atomic mass is 10.0. The molecule has 0 aliphatic heterocycles. The molecule has 3 heteroatoms. The molecule has 0 heterocycles. The molecule has 15 heavy (non-hydrogen) atoms. The molecule has 0 amide bonds. The summed E-state index contributed by atoms with van der Waals surface area (Å²) in [4.78, 5) is 0. The highest BCUT2D eigenvalue weighted by atomic mass is 16.7. The maximum absolute atomic E-state index is 5.66. The van der Waals surface area contributed by atoms with Crippen molar-refractivity contribution in [1.29, 1.82) is 0 Å². The van der Waals surface area contributed by atoms with Crippen molar-refractivity contribution in [3.8, 4) is 0 Å². The second kappa shape index (κ2) is 4.96. The van der Waals surface area contributed by atoms with E-state index in [0.29, 0.717) is 5.70 Å². The van der Waals surface area contributed by atoms with Crippen LogP contribution in [-0.4, -0.2) is 14.2 Å². The van der Waals surface area contributed by atoms with E-state index in [1.165, 1.54) is 0 Å². The van der Waals surface area contributed by atoms with Crippen molar-refractivity contribution in [1.82, 2.24) is 0 Å². The third-order valence-electron chi connectivity index (χ3n) is 2.17. The minimum atomic E-state index is -0.358. The molecule has 1 rings (SSSR count). The Hall–Kier alpha value is -1.32. The van der Waals surface area contributed by atoms with Crippen molar-refractivity contribution in [3.05, 3.63) is 41.5 Å². The molecule has 0 aliphatic carbocycles. The van der Waals surface area contributed by atoms with E-state index in [0.717, 1.165) is 16.7 Å². The van der Waals surface area contributed by atoms with Gasteiger partial charge in [-0.05, 0) is 30.2 Å². The highest BCUT2D eigenvalue weighted by molar-refractivity contribution is 5.61. The summed E-state index contributed by atoms with van der Waals surface area (Å²) >= 11 is 0. The third kappa shape index (κ3) is 2.81. The maximum Gasteiger partial charge on any atom is 0.183 e. The summed E-state index contributed by atoms with van der Waals surface area (Å²) in [6.45, 7) is 5.71.